The minimum atomic E-state index is 0. The number of aryl methyl sites for hydroxylation is 2. The normalized spacial score (nSPS) is 15.2. The highest BCUT2D eigenvalue weighted by Crippen LogP contribution is 2.32. The third-order valence-electron chi connectivity index (χ3n) is 6.14. The van der Waals surface area contributed by atoms with Crippen molar-refractivity contribution in [3.63, 3.8) is 0 Å². The first-order valence-corrected chi connectivity index (χ1v) is 11.8. The average molecular weight is 570 g/mol. The monoisotopic (exact) mass is 569 g/mol. The Morgan fingerprint density at radius 2 is 1.97 bits per heavy atom. The highest BCUT2D eigenvalue weighted by atomic mass is 127. The Morgan fingerprint density at radius 3 is 2.58 bits per heavy atom. The van der Waals surface area contributed by atoms with Gasteiger partial charge in [-0.2, -0.15) is 5.10 Å². The van der Waals surface area contributed by atoms with Gasteiger partial charge in [0, 0.05) is 25.3 Å². The van der Waals surface area contributed by atoms with Crippen LogP contribution in [0.2, 0.25) is 0 Å². The van der Waals surface area contributed by atoms with E-state index in [0.717, 1.165) is 54.5 Å². The SMILES string of the molecule is CCNC(=NCc1ccc(OC2CCCC2)c(OC)c1)NC(C)Cc1c(C)nn(C)c1C.I. The van der Waals surface area contributed by atoms with E-state index >= 15 is 0 Å². The van der Waals surface area contributed by atoms with Crippen LogP contribution in [0.1, 0.15) is 62.0 Å². The highest BCUT2D eigenvalue weighted by Gasteiger charge is 2.18. The smallest absolute Gasteiger partial charge is 0.191 e. The molecule has 0 amide bonds. The van der Waals surface area contributed by atoms with Crippen LogP contribution in [0.15, 0.2) is 23.2 Å². The number of guanidine groups is 1. The summed E-state index contributed by atoms with van der Waals surface area (Å²) in [6.07, 6.45) is 5.96. The lowest BCUT2D eigenvalue weighted by Crippen LogP contribution is -2.43. The van der Waals surface area contributed by atoms with Gasteiger partial charge in [-0.3, -0.25) is 4.68 Å². The predicted octanol–water partition coefficient (Wildman–Crippen LogP) is 4.67. The molecule has 0 bridgehead atoms. The zero-order valence-corrected chi connectivity index (χ0v) is 23.2. The Hall–Kier alpha value is -1.97. The molecule has 0 aliphatic heterocycles. The fraction of sp³-hybridized carbons (Fsp3) is 0.600. The fourth-order valence-electron chi connectivity index (χ4n) is 4.29. The molecule has 1 aliphatic carbocycles. The standard InChI is InChI=1S/C25H39N5O2.HI/c1-7-26-25(28-17(2)14-22-18(3)29-30(5)19(22)4)27-16-20-12-13-23(24(15-20)31-6)32-21-10-8-9-11-21;/h12-13,15,17,21H,7-11,14,16H2,1-6H3,(H2,26,27,28);1H. The zero-order chi connectivity index (χ0) is 23.1. The van der Waals surface area contributed by atoms with Gasteiger partial charge in [0.25, 0.3) is 0 Å². The second kappa shape index (κ2) is 13.1. The van der Waals surface area contributed by atoms with Gasteiger partial charge in [0.2, 0.25) is 0 Å². The van der Waals surface area contributed by atoms with Crippen LogP contribution in [0.3, 0.4) is 0 Å². The summed E-state index contributed by atoms with van der Waals surface area (Å²) in [7, 11) is 3.69. The molecule has 0 radical (unpaired) electrons. The van der Waals surface area contributed by atoms with Crippen molar-refractivity contribution in [3.8, 4) is 11.5 Å². The zero-order valence-electron chi connectivity index (χ0n) is 20.9. The lowest BCUT2D eigenvalue weighted by Gasteiger charge is -2.18. The number of nitrogens with one attached hydrogen (secondary N) is 2. The first-order chi connectivity index (χ1) is 15.4. The molecule has 8 heteroatoms. The van der Waals surface area contributed by atoms with Crippen molar-refractivity contribution in [1.29, 1.82) is 0 Å². The second-order valence-corrected chi connectivity index (χ2v) is 8.73. The van der Waals surface area contributed by atoms with Crippen molar-refractivity contribution in [1.82, 2.24) is 20.4 Å². The van der Waals surface area contributed by atoms with Crippen LogP contribution in [0.25, 0.3) is 0 Å². The van der Waals surface area contributed by atoms with Gasteiger partial charge in [-0.15, -0.1) is 24.0 Å². The van der Waals surface area contributed by atoms with Crippen LogP contribution in [0.5, 0.6) is 11.5 Å². The van der Waals surface area contributed by atoms with Crippen molar-refractivity contribution < 1.29 is 9.47 Å². The van der Waals surface area contributed by atoms with Gasteiger partial charge in [-0.05, 0) is 83.1 Å². The van der Waals surface area contributed by atoms with E-state index in [9.17, 15) is 0 Å². The Kier molecular flexibility index (Phi) is 10.8. The van der Waals surface area contributed by atoms with E-state index in [4.69, 9.17) is 14.5 Å². The van der Waals surface area contributed by atoms with Gasteiger partial charge in [0.05, 0.1) is 25.5 Å². The molecule has 0 spiro atoms. The maximum absolute atomic E-state index is 6.15. The summed E-state index contributed by atoms with van der Waals surface area (Å²) in [6.45, 7) is 9.82. The molecule has 3 rings (SSSR count). The largest absolute Gasteiger partial charge is 0.493 e. The lowest BCUT2D eigenvalue weighted by atomic mass is 10.1. The minimum Gasteiger partial charge on any atom is -0.493 e. The first-order valence-electron chi connectivity index (χ1n) is 11.8. The summed E-state index contributed by atoms with van der Waals surface area (Å²) in [5.41, 5.74) is 4.69. The molecule has 2 aromatic rings. The van der Waals surface area contributed by atoms with E-state index in [1.165, 1.54) is 24.1 Å². The van der Waals surface area contributed by atoms with Crippen LogP contribution in [-0.2, 0) is 20.0 Å². The molecule has 1 fully saturated rings. The molecule has 0 saturated heterocycles. The number of hydrogen-bond acceptors (Lipinski definition) is 4. The van der Waals surface area contributed by atoms with E-state index in [0.29, 0.717) is 12.6 Å². The molecule has 2 N–H and O–H groups in total. The van der Waals surface area contributed by atoms with E-state index < -0.39 is 0 Å². The van der Waals surface area contributed by atoms with Gasteiger partial charge in [0.15, 0.2) is 17.5 Å². The number of halogens is 1. The van der Waals surface area contributed by atoms with Gasteiger partial charge < -0.3 is 20.1 Å². The molecule has 7 nitrogen and oxygen atoms in total. The Bertz CT molecular complexity index is 922. The maximum Gasteiger partial charge on any atom is 0.191 e. The highest BCUT2D eigenvalue weighted by molar-refractivity contribution is 14.0. The molecule has 1 aromatic carbocycles. The van der Waals surface area contributed by atoms with Crippen molar-refractivity contribution in [2.45, 2.75) is 78.5 Å². The molecule has 1 heterocycles. The van der Waals surface area contributed by atoms with E-state index in [-0.39, 0.29) is 30.0 Å². The Balaban J connectivity index is 0.00000385. The number of hydrogen-bond donors (Lipinski definition) is 2. The van der Waals surface area contributed by atoms with Gasteiger partial charge in [-0.1, -0.05) is 6.07 Å². The van der Waals surface area contributed by atoms with Crippen molar-refractivity contribution in [3.05, 3.63) is 40.7 Å². The minimum absolute atomic E-state index is 0. The second-order valence-electron chi connectivity index (χ2n) is 8.73. The number of rotatable bonds is 9. The third kappa shape index (κ3) is 7.52. The Morgan fingerprint density at radius 1 is 1.24 bits per heavy atom. The summed E-state index contributed by atoms with van der Waals surface area (Å²) < 4.78 is 13.7. The van der Waals surface area contributed by atoms with Crippen molar-refractivity contribution >= 4 is 29.9 Å². The summed E-state index contributed by atoms with van der Waals surface area (Å²) in [5, 5.41) is 11.4. The van der Waals surface area contributed by atoms with Crippen LogP contribution in [0, 0.1) is 13.8 Å². The van der Waals surface area contributed by atoms with Crippen LogP contribution < -0.4 is 20.1 Å². The predicted molar refractivity (Wildman–Crippen MR) is 145 cm³/mol. The summed E-state index contributed by atoms with van der Waals surface area (Å²) in [6, 6.07) is 6.35. The van der Waals surface area contributed by atoms with E-state index in [1.54, 1.807) is 7.11 Å². The third-order valence-corrected chi connectivity index (χ3v) is 6.14. The topological polar surface area (TPSA) is 72.7 Å². The summed E-state index contributed by atoms with van der Waals surface area (Å²) >= 11 is 0. The maximum atomic E-state index is 6.15. The van der Waals surface area contributed by atoms with Crippen LogP contribution in [-0.4, -0.2) is 41.5 Å². The molecule has 1 aromatic heterocycles. The molecular weight excluding hydrogens is 529 g/mol. The van der Waals surface area contributed by atoms with Gasteiger partial charge in [-0.25, -0.2) is 4.99 Å². The fourth-order valence-corrected chi connectivity index (χ4v) is 4.29. The number of methoxy groups -OCH3 is 1. The average Bonchev–Trinajstić information content (AvgIpc) is 3.36. The van der Waals surface area contributed by atoms with Crippen molar-refractivity contribution in [2.75, 3.05) is 13.7 Å². The van der Waals surface area contributed by atoms with Crippen LogP contribution in [0.4, 0.5) is 0 Å². The number of ether oxygens (including phenoxy) is 2. The quantitative estimate of drug-likeness (QED) is 0.261. The molecule has 1 saturated carbocycles. The van der Waals surface area contributed by atoms with Gasteiger partial charge >= 0.3 is 0 Å². The molecule has 33 heavy (non-hydrogen) atoms. The molecule has 1 aliphatic rings. The molecule has 1 unspecified atom stereocenters. The number of aliphatic imine (C=N–C) groups is 1. The number of nitrogens with zero attached hydrogens (tertiary/aromatic N) is 3. The van der Waals surface area contributed by atoms with E-state index in [1.807, 2.05) is 23.9 Å². The van der Waals surface area contributed by atoms with Gasteiger partial charge in [0.1, 0.15) is 0 Å². The summed E-state index contributed by atoms with van der Waals surface area (Å²) in [5.74, 6) is 2.41. The van der Waals surface area contributed by atoms with Crippen molar-refractivity contribution in [2.24, 2.45) is 12.0 Å². The molecule has 1 atom stereocenters. The molecule has 184 valence electrons. The number of benzene rings is 1. The van der Waals surface area contributed by atoms with Crippen LogP contribution >= 0.6 is 24.0 Å². The molecular formula is C25H40IN5O2. The summed E-state index contributed by atoms with van der Waals surface area (Å²) in [4.78, 5) is 4.80. The van der Waals surface area contributed by atoms with E-state index in [2.05, 4.69) is 49.5 Å². The number of aromatic nitrogens is 2. The Labute approximate surface area is 215 Å². The first kappa shape index (κ1) is 27.3. The lowest BCUT2D eigenvalue weighted by molar-refractivity contribution is 0.200.